The van der Waals surface area contributed by atoms with E-state index in [1.165, 1.54) is 0 Å². The first kappa shape index (κ1) is 16.9. The quantitative estimate of drug-likeness (QED) is 0.617. The van der Waals surface area contributed by atoms with Gasteiger partial charge in [-0.15, -0.1) is 0 Å². The lowest BCUT2D eigenvalue weighted by atomic mass is 10.0. The van der Waals surface area contributed by atoms with Crippen LogP contribution in [-0.2, 0) is 4.74 Å². The first-order valence-electron chi connectivity index (χ1n) is 7.80. The lowest BCUT2D eigenvalue weighted by Crippen LogP contribution is -2.43. The van der Waals surface area contributed by atoms with Crippen molar-refractivity contribution in [1.29, 1.82) is 0 Å². The molecule has 0 radical (unpaired) electrons. The molecule has 0 amide bonds. The summed E-state index contributed by atoms with van der Waals surface area (Å²) >= 11 is 0. The number of ether oxygens (including phenoxy) is 2. The number of rotatable bonds is 7. The van der Waals surface area contributed by atoms with Gasteiger partial charge >= 0.3 is 0 Å². The van der Waals surface area contributed by atoms with Gasteiger partial charge < -0.3 is 19.5 Å². The molecule has 5 nitrogen and oxygen atoms in total. The fraction of sp³-hybridized carbons (Fsp3) is 0.588. The zero-order valence-electron chi connectivity index (χ0n) is 13.3. The SMILES string of the molecule is CC1CC(N(C)CCCOc2ccc(C=O)cc2)CC(O)O1. The van der Waals surface area contributed by atoms with Crippen molar-refractivity contribution in [3.8, 4) is 5.75 Å². The lowest BCUT2D eigenvalue weighted by molar-refractivity contribution is -0.173. The molecule has 3 unspecified atom stereocenters. The second-order valence-corrected chi connectivity index (χ2v) is 5.90. The van der Waals surface area contributed by atoms with Gasteiger partial charge in [0, 0.05) is 24.6 Å². The number of nitrogens with zero attached hydrogens (tertiary/aromatic N) is 1. The van der Waals surface area contributed by atoms with Gasteiger partial charge in [0.15, 0.2) is 6.29 Å². The number of carbonyl (C=O) groups is 1. The average molecular weight is 307 g/mol. The molecule has 1 fully saturated rings. The number of carbonyl (C=O) groups excluding carboxylic acids is 1. The topological polar surface area (TPSA) is 59.0 Å². The molecule has 1 saturated heterocycles. The summed E-state index contributed by atoms with van der Waals surface area (Å²) in [5.41, 5.74) is 0.652. The molecule has 0 spiro atoms. The van der Waals surface area contributed by atoms with Crippen LogP contribution in [0.25, 0.3) is 0 Å². The summed E-state index contributed by atoms with van der Waals surface area (Å²) in [6.07, 6.45) is 2.79. The Hall–Kier alpha value is -1.43. The predicted octanol–water partition coefficient (Wildman–Crippen LogP) is 2.09. The van der Waals surface area contributed by atoms with Gasteiger partial charge in [-0.3, -0.25) is 4.79 Å². The van der Waals surface area contributed by atoms with E-state index >= 15 is 0 Å². The molecule has 22 heavy (non-hydrogen) atoms. The number of hydrogen-bond donors (Lipinski definition) is 1. The van der Waals surface area contributed by atoms with Gasteiger partial charge in [0.25, 0.3) is 0 Å². The van der Waals surface area contributed by atoms with E-state index in [4.69, 9.17) is 9.47 Å². The van der Waals surface area contributed by atoms with Crippen LogP contribution in [0.3, 0.4) is 0 Å². The number of aldehydes is 1. The first-order valence-corrected chi connectivity index (χ1v) is 7.80. The van der Waals surface area contributed by atoms with Gasteiger partial charge in [-0.1, -0.05) is 0 Å². The highest BCUT2D eigenvalue weighted by atomic mass is 16.6. The zero-order chi connectivity index (χ0) is 15.9. The summed E-state index contributed by atoms with van der Waals surface area (Å²) in [5, 5.41) is 9.66. The van der Waals surface area contributed by atoms with E-state index in [0.717, 1.165) is 31.4 Å². The maximum atomic E-state index is 10.6. The van der Waals surface area contributed by atoms with Crippen molar-refractivity contribution < 1.29 is 19.4 Å². The Kier molecular flexibility index (Phi) is 6.36. The molecule has 1 aromatic carbocycles. The van der Waals surface area contributed by atoms with Gasteiger partial charge in [0.2, 0.25) is 0 Å². The molecule has 1 aromatic rings. The molecule has 3 atom stereocenters. The van der Waals surface area contributed by atoms with Crippen LogP contribution >= 0.6 is 0 Å². The highest BCUT2D eigenvalue weighted by Gasteiger charge is 2.27. The Labute approximate surface area is 131 Å². The maximum Gasteiger partial charge on any atom is 0.156 e. The van der Waals surface area contributed by atoms with Crippen LogP contribution in [0.1, 0.15) is 36.5 Å². The largest absolute Gasteiger partial charge is 0.494 e. The van der Waals surface area contributed by atoms with E-state index in [2.05, 4.69) is 11.9 Å². The van der Waals surface area contributed by atoms with E-state index < -0.39 is 6.29 Å². The molecule has 2 rings (SSSR count). The first-order chi connectivity index (χ1) is 10.6. The highest BCUT2D eigenvalue weighted by molar-refractivity contribution is 5.74. The number of aliphatic hydroxyl groups is 1. The van der Waals surface area contributed by atoms with Crippen molar-refractivity contribution in [3.63, 3.8) is 0 Å². The van der Waals surface area contributed by atoms with Crippen LogP contribution in [0, 0.1) is 0 Å². The average Bonchev–Trinajstić information content (AvgIpc) is 2.51. The molecule has 0 saturated carbocycles. The van der Waals surface area contributed by atoms with Crippen LogP contribution in [0.2, 0.25) is 0 Å². The van der Waals surface area contributed by atoms with Crippen LogP contribution < -0.4 is 4.74 Å². The predicted molar refractivity (Wildman–Crippen MR) is 84.1 cm³/mol. The zero-order valence-corrected chi connectivity index (χ0v) is 13.3. The number of aliphatic hydroxyl groups excluding tert-OH is 1. The third-order valence-corrected chi connectivity index (χ3v) is 4.03. The third kappa shape index (κ3) is 5.09. The fourth-order valence-electron chi connectivity index (χ4n) is 2.78. The van der Waals surface area contributed by atoms with Gasteiger partial charge in [0.05, 0.1) is 12.7 Å². The summed E-state index contributed by atoms with van der Waals surface area (Å²) in [7, 11) is 2.08. The van der Waals surface area contributed by atoms with Gasteiger partial charge in [-0.05, 0) is 51.1 Å². The minimum atomic E-state index is -0.649. The van der Waals surface area contributed by atoms with Gasteiger partial charge in [-0.25, -0.2) is 0 Å². The van der Waals surface area contributed by atoms with Crippen molar-refractivity contribution in [2.45, 2.75) is 44.6 Å². The molecule has 5 heteroatoms. The van der Waals surface area contributed by atoms with Crippen molar-refractivity contribution >= 4 is 6.29 Å². The Balaban J connectivity index is 1.68. The van der Waals surface area contributed by atoms with E-state index in [1.807, 2.05) is 19.1 Å². The van der Waals surface area contributed by atoms with E-state index in [-0.39, 0.29) is 6.10 Å². The van der Waals surface area contributed by atoms with Crippen LogP contribution in [0.15, 0.2) is 24.3 Å². The van der Waals surface area contributed by atoms with E-state index in [1.54, 1.807) is 12.1 Å². The molecular weight excluding hydrogens is 282 g/mol. The summed E-state index contributed by atoms with van der Waals surface area (Å²) in [6.45, 7) is 3.54. The second-order valence-electron chi connectivity index (χ2n) is 5.90. The maximum absolute atomic E-state index is 10.6. The Bertz CT molecular complexity index is 452. The summed E-state index contributed by atoms with van der Waals surface area (Å²) < 4.78 is 11.0. The fourth-order valence-corrected chi connectivity index (χ4v) is 2.78. The van der Waals surface area contributed by atoms with E-state index in [9.17, 15) is 9.90 Å². The minimum Gasteiger partial charge on any atom is -0.494 e. The summed E-state index contributed by atoms with van der Waals surface area (Å²) in [4.78, 5) is 12.8. The van der Waals surface area contributed by atoms with Crippen molar-refractivity contribution in [2.75, 3.05) is 20.2 Å². The molecule has 0 aliphatic carbocycles. The van der Waals surface area contributed by atoms with Gasteiger partial charge in [-0.2, -0.15) is 0 Å². The van der Waals surface area contributed by atoms with Crippen molar-refractivity contribution in [2.24, 2.45) is 0 Å². The molecule has 1 N–H and O–H groups in total. The van der Waals surface area contributed by atoms with Crippen molar-refractivity contribution in [3.05, 3.63) is 29.8 Å². The highest BCUT2D eigenvalue weighted by Crippen LogP contribution is 2.21. The molecule has 0 bridgehead atoms. The molecule has 1 aliphatic rings. The molecule has 1 heterocycles. The number of benzene rings is 1. The Morgan fingerprint density at radius 3 is 2.73 bits per heavy atom. The van der Waals surface area contributed by atoms with Crippen LogP contribution in [0.5, 0.6) is 5.75 Å². The van der Waals surface area contributed by atoms with E-state index in [0.29, 0.717) is 24.6 Å². The number of hydrogen-bond acceptors (Lipinski definition) is 5. The molecule has 122 valence electrons. The lowest BCUT2D eigenvalue weighted by Gasteiger charge is -2.36. The van der Waals surface area contributed by atoms with Gasteiger partial charge in [0.1, 0.15) is 12.0 Å². The second kappa shape index (κ2) is 8.27. The van der Waals surface area contributed by atoms with Crippen molar-refractivity contribution in [1.82, 2.24) is 4.90 Å². The third-order valence-electron chi connectivity index (χ3n) is 4.03. The Morgan fingerprint density at radius 2 is 2.09 bits per heavy atom. The monoisotopic (exact) mass is 307 g/mol. The Morgan fingerprint density at radius 1 is 1.36 bits per heavy atom. The molecular formula is C17H25NO4. The molecule has 1 aliphatic heterocycles. The standard InChI is InChI=1S/C17H25NO4/c1-13-10-15(11-17(20)22-13)18(2)8-3-9-21-16-6-4-14(12-19)5-7-16/h4-7,12-13,15,17,20H,3,8-11H2,1-2H3. The van der Waals surface area contributed by atoms with Crippen LogP contribution in [0.4, 0.5) is 0 Å². The summed E-state index contributed by atoms with van der Waals surface area (Å²) in [6, 6.07) is 7.47. The normalized spacial score (nSPS) is 25.2. The van der Waals surface area contributed by atoms with Crippen LogP contribution in [-0.4, -0.2) is 54.9 Å². The molecule has 0 aromatic heterocycles. The summed E-state index contributed by atoms with van der Waals surface area (Å²) in [5.74, 6) is 0.781. The smallest absolute Gasteiger partial charge is 0.156 e. The minimum absolute atomic E-state index is 0.101.